The quantitative estimate of drug-likeness (QED) is 0.411. The lowest BCUT2D eigenvalue weighted by molar-refractivity contribution is -0.119. The molecule has 22 heavy (non-hydrogen) atoms. The van der Waals surface area contributed by atoms with Crippen molar-refractivity contribution < 1.29 is 4.79 Å². The van der Waals surface area contributed by atoms with Gasteiger partial charge in [-0.05, 0) is 19.4 Å². The van der Waals surface area contributed by atoms with Crippen LogP contribution in [0.5, 0.6) is 0 Å². The Hall–Kier alpha value is -2.35. The summed E-state index contributed by atoms with van der Waals surface area (Å²) >= 11 is 1.26. The number of H-pyrrole nitrogens is 1. The molecule has 2 rings (SSSR count). The topological polar surface area (TPSA) is 95.1 Å². The number of hydrogen-bond acceptors (Lipinski definition) is 6. The van der Waals surface area contributed by atoms with Crippen molar-refractivity contribution in [1.82, 2.24) is 20.5 Å². The van der Waals surface area contributed by atoms with Gasteiger partial charge in [0.15, 0.2) is 0 Å². The normalized spacial score (nSPS) is 11.0. The lowest BCUT2D eigenvalue weighted by Gasteiger charge is -2.06. The summed E-state index contributed by atoms with van der Waals surface area (Å²) in [5.74, 6) is 0.670. The highest BCUT2D eigenvalue weighted by Crippen LogP contribution is 2.13. The van der Waals surface area contributed by atoms with E-state index in [-0.39, 0.29) is 17.7 Å². The number of nitrogens with one attached hydrogen (secondary N) is 3. The Kier molecular flexibility index (Phi) is 5.96. The summed E-state index contributed by atoms with van der Waals surface area (Å²) in [5, 5.41) is 14.1. The van der Waals surface area contributed by atoms with Gasteiger partial charge in [0.25, 0.3) is 0 Å². The summed E-state index contributed by atoms with van der Waals surface area (Å²) in [7, 11) is 0. The van der Waals surface area contributed by atoms with E-state index in [1.165, 1.54) is 11.8 Å². The Bertz CT molecular complexity index is 625. The predicted octanol–water partition coefficient (Wildman–Crippen LogP) is 1.87. The van der Waals surface area contributed by atoms with Crippen LogP contribution in [-0.4, -0.2) is 39.1 Å². The Labute approximate surface area is 133 Å². The van der Waals surface area contributed by atoms with Crippen molar-refractivity contribution in [1.29, 1.82) is 0 Å². The van der Waals surface area contributed by atoms with Crippen LogP contribution in [0.2, 0.25) is 0 Å². The third kappa shape index (κ3) is 5.57. The zero-order chi connectivity index (χ0) is 15.8. The summed E-state index contributed by atoms with van der Waals surface area (Å²) in [5.41, 5.74) is 3.74. The van der Waals surface area contributed by atoms with Crippen LogP contribution >= 0.6 is 11.8 Å². The first-order valence-electron chi connectivity index (χ1n) is 6.82. The standard InChI is InChI=1S/C14H18N6OS/c1-10(2)16-12(21)9-22-14-17-13(19-20-14)18-15-8-11-6-4-3-5-7-11/h3-8,10H,9H2,1-2H3,(H,16,21)(H2,17,18,19,20)/b15-8-. The molecular formula is C14H18N6OS. The molecule has 0 saturated heterocycles. The van der Waals surface area contributed by atoms with Crippen LogP contribution in [0.15, 0.2) is 40.6 Å². The molecular weight excluding hydrogens is 300 g/mol. The van der Waals surface area contributed by atoms with Crippen LogP contribution in [0.25, 0.3) is 0 Å². The number of amides is 1. The average Bonchev–Trinajstić information content (AvgIpc) is 2.93. The van der Waals surface area contributed by atoms with E-state index in [1.54, 1.807) is 6.21 Å². The third-order valence-corrected chi connectivity index (χ3v) is 3.28. The van der Waals surface area contributed by atoms with Crippen molar-refractivity contribution in [3.63, 3.8) is 0 Å². The maximum Gasteiger partial charge on any atom is 0.240 e. The molecule has 8 heteroatoms. The van der Waals surface area contributed by atoms with Crippen LogP contribution < -0.4 is 10.7 Å². The number of hydrazone groups is 1. The van der Waals surface area contributed by atoms with Crippen LogP contribution in [0.3, 0.4) is 0 Å². The first kappa shape index (κ1) is 16.0. The molecule has 0 aliphatic rings. The Balaban J connectivity index is 1.79. The summed E-state index contributed by atoms with van der Waals surface area (Å²) in [6.45, 7) is 3.84. The summed E-state index contributed by atoms with van der Waals surface area (Å²) in [6, 6.07) is 9.84. The van der Waals surface area contributed by atoms with Gasteiger partial charge in [0.05, 0.1) is 12.0 Å². The Morgan fingerprint density at radius 2 is 2.18 bits per heavy atom. The molecule has 1 aromatic heterocycles. The molecule has 2 aromatic rings. The highest BCUT2D eigenvalue weighted by Gasteiger charge is 2.08. The van der Waals surface area contributed by atoms with E-state index in [4.69, 9.17) is 0 Å². The number of anilines is 1. The molecule has 0 aliphatic heterocycles. The van der Waals surface area contributed by atoms with E-state index in [0.29, 0.717) is 11.1 Å². The molecule has 116 valence electrons. The predicted molar refractivity (Wildman–Crippen MR) is 88.0 cm³/mol. The lowest BCUT2D eigenvalue weighted by Crippen LogP contribution is -2.31. The van der Waals surface area contributed by atoms with Gasteiger partial charge in [0.2, 0.25) is 17.0 Å². The third-order valence-electron chi connectivity index (χ3n) is 2.43. The van der Waals surface area contributed by atoms with Crippen molar-refractivity contribution in [2.24, 2.45) is 5.10 Å². The van der Waals surface area contributed by atoms with Crippen LogP contribution in [0, 0.1) is 0 Å². The first-order valence-corrected chi connectivity index (χ1v) is 7.81. The zero-order valence-corrected chi connectivity index (χ0v) is 13.2. The van der Waals surface area contributed by atoms with Crippen molar-refractivity contribution in [3.05, 3.63) is 35.9 Å². The van der Waals surface area contributed by atoms with Gasteiger partial charge in [-0.25, -0.2) is 10.5 Å². The highest BCUT2D eigenvalue weighted by atomic mass is 32.2. The Morgan fingerprint density at radius 1 is 1.41 bits per heavy atom. The van der Waals surface area contributed by atoms with Crippen LogP contribution in [0.1, 0.15) is 19.4 Å². The molecule has 1 amide bonds. The van der Waals surface area contributed by atoms with E-state index in [2.05, 4.69) is 31.0 Å². The van der Waals surface area contributed by atoms with Crippen molar-refractivity contribution in [2.45, 2.75) is 25.0 Å². The summed E-state index contributed by atoms with van der Waals surface area (Å²) in [4.78, 5) is 15.7. The van der Waals surface area contributed by atoms with Gasteiger partial charge in [0.1, 0.15) is 0 Å². The zero-order valence-electron chi connectivity index (χ0n) is 12.4. The minimum atomic E-state index is -0.0404. The number of rotatable bonds is 7. The molecule has 0 bridgehead atoms. The summed E-state index contributed by atoms with van der Waals surface area (Å²) in [6.07, 6.45) is 1.69. The number of benzene rings is 1. The number of aromatic amines is 1. The second-order valence-corrected chi connectivity index (χ2v) is 5.70. The van der Waals surface area contributed by atoms with Gasteiger partial charge in [-0.2, -0.15) is 10.1 Å². The average molecular weight is 318 g/mol. The SMILES string of the molecule is CC(C)NC(=O)CSc1n[nH]c(N/N=C\c2ccccc2)n1. The second-order valence-electron chi connectivity index (χ2n) is 4.76. The summed E-state index contributed by atoms with van der Waals surface area (Å²) < 4.78 is 0. The van der Waals surface area contributed by atoms with E-state index < -0.39 is 0 Å². The Morgan fingerprint density at radius 3 is 2.91 bits per heavy atom. The fraction of sp³-hybridized carbons (Fsp3) is 0.286. The molecule has 1 aromatic carbocycles. The maximum absolute atomic E-state index is 11.5. The number of hydrogen-bond donors (Lipinski definition) is 3. The van der Waals surface area contributed by atoms with E-state index >= 15 is 0 Å². The lowest BCUT2D eigenvalue weighted by atomic mass is 10.2. The molecule has 1 heterocycles. The fourth-order valence-corrected chi connectivity index (χ4v) is 2.17. The van der Waals surface area contributed by atoms with Gasteiger partial charge in [-0.1, -0.05) is 42.1 Å². The molecule has 0 aliphatic carbocycles. The monoisotopic (exact) mass is 318 g/mol. The van der Waals surface area contributed by atoms with Gasteiger partial charge >= 0.3 is 0 Å². The van der Waals surface area contributed by atoms with Crippen LogP contribution in [0.4, 0.5) is 5.95 Å². The van der Waals surface area contributed by atoms with Crippen LogP contribution in [-0.2, 0) is 4.79 Å². The second kappa shape index (κ2) is 8.18. The maximum atomic E-state index is 11.5. The molecule has 3 N–H and O–H groups in total. The number of nitrogens with zero attached hydrogens (tertiary/aromatic N) is 3. The molecule has 0 unspecified atom stereocenters. The van der Waals surface area contributed by atoms with E-state index in [0.717, 1.165) is 5.56 Å². The van der Waals surface area contributed by atoms with Gasteiger partial charge in [0, 0.05) is 6.04 Å². The molecule has 0 saturated carbocycles. The van der Waals surface area contributed by atoms with Gasteiger partial charge in [-0.3, -0.25) is 4.79 Å². The number of aromatic nitrogens is 3. The molecule has 0 fully saturated rings. The van der Waals surface area contributed by atoms with Gasteiger partial charge < -0.3 is 5.32 Å². The highest BCUT2D eigenvalue weighted by molar-refractivity contribution is 7.99. The van der Waals surface area contributed by atoms with Crippen molar-refractivity contribution >= 4 is 29.8 Å². The minimum absolute atomic E-state index is 0.0404. The first-order chi connectivity index (χ1) is 10.6. The number of carbonyl (C=O) groups is 1. The van der Waals surface area contributed by atoms with E-state index in [1.807, 2.05) is 44.2 Å². The molecule has 0 radical (unpaired) electrons. The fourth-order valence-electron chi connectivity index (χ4n) is 1.56. The van der Waals surface area contributed by atoms with E-state index in [9.17, 15) is 4.79 Å². The molecule has 0 spiro atoms. The largest absolute Gasteiger partial charge is 0.353 e. The smallest absolute Gasteiger partial charge is 0.240 e. The minimum Gasteiger partial charge on any atom is -0.353 e. The van der Waals surface area contributed by atoms with Crippen molar-refractivity contribution in [3.8, 4) is 0 Å². The number of thioether (sulfide) groups is 1. The number of carbonyl (C=O) groups excluding carboxylic acids is 1. The molecule has 0 atom stereocenters. The molecule has 7 nitrogen and oxygen atoms in total. The van der Waals surface area contributed by atoms with Crippen molar-refractivity contribution in [2.75, 3.05) is 11.2 Å². The van der Waals surface area contributed by atoms with Gasteiger partial charge in [-0.15, -0.1) is 5.10 Å².